The van der Waals surface area contributed by atoms with Gasteiger partial charge in [0.1, 0.15) is 19.3 Å². The highest BCUT2D eigenvalue weighted by Crippen LogP contribution is 2.45. The number of esters is 4. The molecule has 0 saturated carbocycles. The molecule has 0 amide bonds. The first kappa shape index (κ1) is 103. The van der Waals surface area contributed by atoms with Crippen molar-refractivity contribution < 1.29 is 80.2 Å². The van der Waals surface area contributed by atoms with Gasteiger partial charge in [0.2, 0.25) is 0 Å². The smallest absolute Gasteiger partial charge is 0.462 e. The molecule has 0 rings (SSSR count). The third kappa shape index (κ3) is 79.4. The van der Waals surface area contributed by atoms with Crippen molar-refractivity contribution in [3.8, 4) is 0 Å². The van der Waals surface area contributed by atoms with Gasteiger partial charge in [-0.1, -0.05) is 392 Å². The molecule has 2 unspecified atom stereocenters. The highest BCUT2D eigenvalue weighted by molar-refractivity contribution is 7.47. The quantitative estimate of drug-likeness (QED) is 0.0169. The van der Waals surface area contributed by atoms with E-state index in [0.29, 0.717) is 25.7 Å². The van der Waals surface area contributed by atoms with Crippen LogP contribution in [0.15, 0.2) is 24.3 Å². The lowest BCUT2D eigenvalue weighted by Gasteiger charge is -2.21. The topological polar surface area (TPSA) is 237 Å². The lowest BCUT2D eigenvalue weighted by Crippen LogP contribution is -2.30. The number of allylic oxidation sites excluding steroid dienone is 4. The second-order valence-corrected chi connectivity index (χ2v) is 33.1. The van der Waals surface area contributed by atoms with E-state index in [4.69, 9.17) is 37.0 Å². The van der Waals surface area contributed by atoms with Crippen molar-refractivity contribution in [2.75, 3.05) is 39.6 Å². The molecule has 0 fully saturated rings. The third-order valence-corrected chi connectivity index (χ3v) is 21.6. The summed E-state index contributed by atoms with van der Waals surface area (Å²) in [6.07, 6.45) is 77.2. The van der Waals surface area contributed by atoms with Gasteiger partial charge in [0, 0.05) is 25.7 Å². The van der Waals surface area contributed by atoms with E-state index in [9.17, 15) is 43.2 Å². The number of ether oxygens (including phenoxy) is 4. The highest BCUT2D eigenvalue weighted by Gasteiger charge is 2.30. The zero-order valence-electron chi connectivity index (χ0n) is 68.2. The molecule has 0 aliphatic carbocycles. The van der Waals surface area contributed by atoms with E-state index in [-0.39, 0.29) is 25.7 Å². The Hall–Kier alpha value is -2.46. The van der Waals surface area contributed by atoms with Crippen LogP contribution in [0.2, 0.25) is 0 Å². The minimum Gasteiger partial charge on any atom is -0.462 e. The van der Waals surface area contributed by atoms with Gasteiger partial charge in [0.05, 0.1) is 26.4 Å². The average molecular weight is 1530 g/mol. The molecule has 0 aromatic rings. The molecule has 0 spiro atoms. The van der Waals surface area contributed by atoms with Gasteiger partial charge in [-0.2, -0.15) is 0 Å². The largest absolute Gasteiger partial charge is 0.472 e. The zero-order valence-corrected chi connectivity index (χ0v) is 70.0. The van der Waals surface area contributed by atoms with Crippen LogP contribution in [0.1, 0.15) is 445 Å². The van der Waals surface area contributed by atoms with Gasteiger partial charge in [-0.25, -0.2) is 9.13 Å². The molecule has 17 nitrogen and oxygen atoms in total. The van der Waals surface area contributed by atoms with E-state index in [0.717, 1.165) is 103 Å². The average Bonchev–Trinajstić information content (AvgIpc) is 0.917. The van der Waals surface area contributed by atoms with E-state index >= 15 is 0 Å². The van der Waals surface area contributed by atoms with Crippen LogP contribution in [-0.4, -0.2) is 96.7 Å². The minimum absolute atomic E-state index is 0.0860. The van der Waals surface area contributed by atoms with E-state index in [2.05, 4.69) is 52.0 Å². The summed E-state index contributed by atoms with van der Waals surface area (Å²) in [5.74, 6) is -2.13. The summed E-state index contributed by atoms with van der Waals surface area (Å²) in [5.41, 5.74) is 0. The van der Waals surface area contributed by atoms with Crippen molar-refractivity contribution in [1.82, 2.24) is 0 Å². The number of unbranched alkanes of at least 4 members (excludes halogenated alkanes) is 56. The molecule has 0 aliphatic heterocycles. The van der Waals surface area contributed by atoms with Crippen molar-refractivity contribution in [3.63, 3.8) is 0 Å². The Balaban J connectivity index is 5.25. The Labute approximate surface area is 643 Å². The van der Waals surface area contributed by atoms with Crippen molar-refractivity contribution >= 4 is 39.5 Å². The maximum absolute atomic E-state index is 13.1. The second-order valence-electron chi connectivity index (χ2n) is 30.2. The van der Waals surface area contributed by atoms with Gasteiger partial charge in [0.15, 0.2) is 12.2 Å². The lowest BCUT2D eigenvalue weighted by molar-refractivity contribution is -0.161. The third-order valence-electron chi connectivity index (χ3n) is 19.7. The molecular weight excluding hydrogens is 1370 g/mol. The van der Waals surface area contributed by atoms with E-state index in [1.165, 1.54) is 263 Å². The Morgan fingerprint density at radius 2 is 0.457 bits per heavy atom. The number of aliphatic hydroxyl groups is 1. The summed E-state index contributed by atoms with van der Waals surface area (Å²) >= 11 is 0. The number of hydrogen-bond donors (Lipinski definition) is 3. The molecule has 0 heterocycles. The van der Waals surface area contributed by atoms with Crippen molar-refractivity contribution in [1.29, 1.82) is 0 Å². The van der Waals surface area contributed by atoms with Crippen LogP contribution in [0.3, 0.4) is 0 Å². The molecule has 0 bridgehead atoms. The Morgan fingerprint density at radius 3 is 0.695 bits per heavy atom. The first-order chi connectivity index (χ1) is 51.2. The fourth-order valence-corrected chi connectivity index (χ4v) is 14.6. The number of phosphoric ester groups is 2. The van der Waals surface area contributed by atoms with Crippen molar-refractivity contribution in [2.24, 2.45) is 0 Å². The summed E-state index contributed by atoms with van der Waals surface area (Å²) in [5, 5.41) is 10.7. The number of carbonyl (C=O) groups is 4. The van der Waals surface area contributed by atoms with Gasteiger partial charge < -0.3 is 33.8 Å². The molecule has 0 aromatic heterocycles. The first-order valence-corrected chi connectivity index (χ1v) is 47.1. The van der Waals surface area contributed by atoms with Crippen molar-refractivity contribution in [2.45, 2.75) is 463 Å². The standard InChI is InChI=1S/C86H164O17P2/c1-5-9-13-17-21-25-29-32-35-37-38-39-40-41-43-46-49-53-57-61-65-69-73-86(91)103-82(77-97-84(89)71-67-63-59-55-51-47-45-42-36-33-30-26-22-18-14-10-6-2)79-101-105(94,95)99-75-80(87)74-98-104(92,93)100-78-81(76-96-83(88)70-66-62-58-54-50-28-24-20-16-12-8-4)102-85(90)72-68-64-60-56-52-48-44-34-31-27-23-19-15-11-7-3/h27,31,34,44,80-82,87H,5-26,28-30,32-33,35-43,45-79H2,1-4H3,(H,92,93)(H,94,95)/b31-27-,44-34-/t80-,81+,82+/m0/s1. The molecule has 105 heavy (non-hydrogen) atoms. The number of phosphoric acid groups is 2. The number of aliphatic hydroxyl groups excluding tert-OH is 1. The molecule has 0 radical (unpaired) electrons. The molecule has 0 aliphatic rings. The Morgan fingerprint density at radius 1 is 0.267 bits per heavy atom. The first-order valence-electron chi connectivity index (χ1n) is 44.1. The summed E-state index contributed by atoms with van der Waals surface area (Å²) in [4.78, 5) is 73.2. The van der Waals surface area contributed by atoms with Crippen LogP contribution in [0, 0.1) is 0 Å². The fraction of sp³-hybridized carbons (Fsp3) is 0.907. The molecule has 620 valence electrons. The van der Waals surface area contributed by atoms with E-state index in [1.807, 2.05) is 0 Å². The van der Waals surface area contributed by atoms with Crippen LogP contribution in [0.5, 0.6) is 0 Å². The Kier molecular flexibility index (Phi) is 77.8. The summed E-state index contributed by atoms with van der Waals surface area (Å²) in [6, 6.07) is 0. The van der Waals surface area contributed by atoms with Gasteiger partial charge >= 0.3 is 39.5 Å². The van der Waals surface area contributed by atoms with Gasteiger partial charge in [0.25, 0.3) is 0 Å². The zero-order chi connectivity index (χ0) is 76.7. The molecule has 19 heteroatoms. The van der Waals surface area contributed by atoms with Gasteiger partial charge in [-0.3, -0.25) is 37.3 Å². The second kappa shape index (κ2) is 79.6. The summed E-state index contributed by atoms with van der Waals surface area (Å²) in [7, 11) is -9.94. The van der Waals surface area contributed by atoms with Crippen LogP contribution < -0.4 is 0 Å². The van der Waals surface area contributed by atoms with E-state index < -0.39 is 97.5 Å². The minimum atomic E-state index is -4.97. The van der Waals surface area contributed by atoms with Gasteiger partial charge in [-0.05, 0) is 51.4 Å². The predicted octanol–water partition coefficient (Wildman–Crippen LogP) is 26.1. The fourth-order valence-electron chi connectivity index (χ4n) is 13.0. The number of carbonyl (C=O) groups excluding carboxylic acids is 4. The monoisotopic (exact) mass is 1530 g/mol. The maximum atomic E-state index is 13.1. The molecule has 0 aromatic carbocycles. The maximum Gasteiger partial charge on any atom is 0.472 e. The summed E-state index contributed by atoms with van der Waals surface area (Å²) < 4.78 is 68.8. The van der Waals surface area contributed by atoms with Crippen LogP contribution >= 0.6 is 15.6 Å². The van der Waals surface area contributed by atoms with Gasteiger partial charge in [-0.15, -0.1) is 0 Å². The number of rotatable bonds is 85. The normalized spacial score (nSPS) is 13.9. The number of hydrogen-bond acceptors (Lipinski definition) is 15. The molecule has 0 saturated heterocycles. The highest BCUT2D eigenvalue weighted by atomic mass is 31.2. The van der Waals surface area contributed by atoms with Crippen LogP contribution in [0.25, 0.3) is 0 Å². The SMILES string of the molecule is CCCCCC/C=C\C=C/CCCCCCCC(=O)O[C@H](COC(=O)CCCCCCCCCCCCC)COP(=O)(O)OC[C@H](O)COP(=O)(O)OC[C@@H](COC(=O)CCCCCCCCCCCCCCCCCCC)OC(=O)CCCCCCCCCCCCCCCCCCCCCCCC. The predicted molar refractivity (Wildman–Crippen MR) is 432 cm³/mol. The summed E-state index contributed by atoms with van der Waals surface area (Å²) in [6.45, 7) is 4.98. The van der Waals surface area contributed by atoms with Crippen molar-refractivity contribution in [3.05, 3.63) is 24.3 Å². The lowest BCUT2D eigenvalue weighted by atomic mass is 10.0. The van der Waals surface area contributed by atoms with E-state index in [1.54, 1.807) is 0 Å². The van der Waals surface area contributed by atoms with Crippen LogP contribution in [0.4, 0.5) is 0 Å². The molecule has 3 N–H and O–H groups in total. The molecular formula is C86H164O17P2. The molecule has 5 atom stereocenters. The van der Waals surface area contributed by atoms with Crippen LogP contribution in [-0.2, 0) is 65.4 Å². The Bertz CT molecular complexity index is 2080.